The number of carbonyl (C=O) groups excluding carboxylic acids is 2. The minimum Gasteiger partial charge on any atom is -0.292 e. The molecule has 1 rings (SSSR count). The third-order valence-electron chi connectivity index (χ3n) is 1.85. The van der Waals surface area contributed by atoms with Gasteiger partial charge in [-0.05, 0) is 5.56 Å². The molecule has 1 aromatic carbocycles. The van der Waals surface area contributed by atoms with Crippen molar-refractivity contribution in [2.24, 2.45) is 0 Å². The SMILES string of the molecule is CC(=O)NC(=O)C(Cc1ccccc1)=S=O. The summed E-state index contributed by atoms with van der Waals surface area (Å²) in [6, 6.07) is 9.13. The molecule has 0 atom stereocenters. The van der Waals surface area contributed by atoms with Gasteiger partial charge in [-0.3, -0.25) is 14.9 Å². The minimum atomic E-state index is -0.614. The average Bonchev–Trinajstić information content (AvgIpc) is 2.26. The standard InChI is InChI=1S/C11H11NO3S/c1-8(13)12-11(14)10(16-15)7-9-5-3-2-4-6-9/h2-6H,7H2,1H3,(H,12,13,14). The molecule has 0 saturated heterocycles. The molecule has 0 saturated carbocycles. The van der Waals surface area contributed by atoms with Gasteiger partial charge in [-0.25, -0.2) is 4.21 Å². The monoisotopic (exact) mass is 237 g/mol. The molecule has 0 unspecified atom stereocenters. The van der Waals surface area contributed by atoms with Crippen molar-refractivity contribution in [1.29, 1.82) is 0 Å². The molecule has 0 aliphatic rings. The molecule has 0 aliphatic heterocycles. The first kappa shape index (κ1) is 12.3. The lowest BCUT2D eigenvalue weighted by Crippen LogP contribution is -2.35. The third-order valence-corrected chi connectivity index (χ3v) is 2.38. The van der Waals surface area contributed by atoms with Crippen molar-refractivity contribution in [3.05, 3.63) is 35.9 Å². The zero-order chi connectivity index (χ0) is 12.0. The van der Waals surface area contributed by atoms with E-state index in [1.54, 1.807) is 0 Å². The number of rotatable bonds is 3. The van der Waals surface area contributed by atoms with Gasteiger partial charge in [0, 0.05) is 13.3 Å². The predicted octanol–water partition coefficient (Wildman–Crippen LogP) is 0.277. The van der Waals surface area contributed by atoms with Crippen LogP contribution in [0.15, 0.2) is 30.3 Å². The van der Waals surface area contributed by atoms with Crippen LogP contribution in [-0.2, 0) is 27.3 Å². The van der Waals surface area contributed by atoms with Crippen molar-refractivity contribution in [3.8, 4) is 0 Å². The molecular formula is C11H11NO3S. The van der Waals surface area contributed by atoms with Crippen LogP contribution in [-0.4, -0.2) is 20.9 Å². The van der Waals surface area contributed by atoms with Gasteiger partial charge in [0.05, 0.1) is 11.3 Å². The van der Waals surface area contributed by atoms with Crippen LogP contribution in [0, 0.1) is 0 Å². The van der Waals surface area contributed by atoms with Gasteiger partial charge < -0.3 is 0 Å². The molecule has 2 amide bonds. The van der Waals surface area contributed by atoms with E-state index in [1.165, 1.54) is 6.92 Å². The zero-order valence-electron chi connectivity index (χ0n) is 8.73. The van der Waals surface area contributed by atoms with Gasteiger partial charge in [0.2, 0.25) is 5.91 Å². The predicted molar refractivity (Wildman–Crippen MR) is 62.1 cm³/mol. The molecule has 4 nitrogen and oxygen atoms in total. The van der Waals surface area contributed by atoms with E-state index in [1.807, 2.05) is 30.3 Å². The van der Waals surface area contributed by atoms with E-state index < -0.39 is 11.8 Å². The quantitative estimate of drug-likeness (QED) is 0.768. The van der Waals surface area contributed by atoms with Gasteiger partial charge in [-0.2, -0.15) is 0 Å². The second kappa shape index (κ2) is 5.97. The Kier molecular flexibility index (Phi) is 4.60. The van der Waals surface area contributed by atoms with E-state index in [9.17, 15) is 13.8 Å². The molecule has 0 aromatic heterocycles. The lowest BCUT2D eigenvalue weighted by molar-refractivity contribution is -0.125. The molecule has 5 heteroatoms. The Morgan fingerprint density at radius 1 is 1.25 bits per heavy atom. The summed E-state index contributed by atoms with van der Waals surface area (Å²) in [6.45, 7) is 1.23. The molecule has 16 heavy (non-hydrogen) atoms. The van der Waals surface area contributed by atoms with Crippen LogP contribution in [0.3, 0.4) is 0 Å². The number of benzene rings is 1. The number of imide groups is 1. The summed E-state index contributed by atoms with van der Waals surface area (Å²) in [6.07, 6.45) is 0.244. The molecule has 0 spiro atoms. The first-order valence-electron chi connectivity index (χ1n) is 4.65. The fourth-order valence-electron chi connectivity index (χ4n) is 1.16. The molecule has 0 heterocycles. The molecule has 0 fully saturated rings. The fraction of sp³-hybridized carbons (Fsp3) is 0.182. The van der Waals surface area contributed by atoms with Crippen molar-refractivity contribution in [2.75, 3.05) is 0 Å². The molecule has 1 N–H and O–H groups in total. The average molecular weight is 237 g/mol. The van der Waals surface area contributed by atoms with E-state index in [-0.39, 0.29) is 22.5 Å². The van der Waals surface area contributed by atoms with Crippen molar-refractivity contribution < 1.29 is 13.8 Å². The maximum atomic E-state index is 11.4. The van der Waals surface area contributed by atoms with Crippen LogP contribution in [0.1, 0.15) is 12.5 Å². The van der Waals surface area contributed by atoms with E-state index in [2.05, 4.69) is 5.32 Å². The number of amides is 2. The molecule has 84 valence electrons. The van der Waals surface area contributed by atoms with Crippen LogP contribution in [0.4, 0.5) is 0 Å². The summed E-state index contributed by atoms with van der Waals surface area (Å²) in [5, 5.41) is 2.08. The smallest absolute Gasteiger partial charge is 0.267 e. The van der Waals surface area contributed by atoms with Gasteiger partial charge in [0.15, 0.2) is 0 Å². The van der Waals surface area contributed by atoms with Crippen molar-refractivity contribution >= 4 is 27.9 Å². The summed E-state index contributed by atoms with van der Waals surface area (Å²) in [5.74, 6) is -1.08. The number of carbonyl (C=O) groups is 2. The highest BCUT2D eigenvalue weighted by atomic mass is 32.1. The minimum absolute atomic E-state index is 0.0846. The van der Waals surface area contributed by atoms with E-state index >= 15 is 0 Å². The Balaban J connectivity index is 2.75. The van der Waals surface area contributed by atoms with E-state index in [0.717, 1.165) is 5.56 Å². The summed E-state index contributed by atoms with van der Waals surface area (Å²) in [5.41, 5.74) is 0.861. The largest absolute Gasteiger partial charge is 0.292 e. The van der Waals surface area contributed by atoms with Crippen molar-refractivity contribution in [3.63, 3.8) is 0 Å². The van der Waals surface area contributed by atoms with Crippen LogP contribution in [0.2, 0.25) is 0 Å². The Hall–Kier alpha value is -1.75. The molecule has 0 radical (unpaired) electrons. The first-order chi connectivity index (χ1) is 7.63. The second-order valence-corrected chi connectivity index (χ2v) is 3.84. The summed E-state index contributed by atoms with van der Waals surface area (Å²) < 4.78 is 10.8. The summed E-state index contributed by atoms with van der Waals surface area (Å²) >= 11 is 0.117. The Morgan fingerprint density at radius 3 is 2.38 bits per heavy atom. The maximum absolute atomic E-state index is 11.4. The van der Waals surface area contributed by atoms with Crippen LogP contribution in [0.5, 0.6) is 0 Å². The number of hydrogen-bond donors (Lipinski definition) is 1. The molecule has 1 aromatic rings. The maximum Gasteiger partial charge on any atom is 0.267 e. The lowest BCUT2D eigenvalue weighted by atomic mass is 10.1. The number of hydrogen-bond acceptors (Lipinski definition) is 3. The van der Waals surface area contributed by atoms with Gasteiger partial charge in [-0.15, -0.1) is 0 Å². The summed E-state index contributed by atoms with van der Waals surface area (Å²) in [7, 11) is 0. The highest BCUT2D eigenvalue weighted by Crippen LogP contribution is 2.00. The molecule has 0 bridgehead atoms. The highest BCUT2D eigenvalue weighted by Gasteiger charge is 2.12. The van der Waals surface area contributed by atoms with Crippen LogP contribution >= 0.6 is 0 Å². The third kappa shape index (κ3) is 3.78. The van der Waals surface area contributed by atoms with Crippen molar-refractivity contribution in [2.45, 2.75) is 13.3 Å². The normalized spacial score (nSPS) is 9.31. The van der Waals surface area contributed by atoms with Crippen LogP contribution in [0.25, 0.3) is 0 Å². The molecular weight excluding hydrogens is 226 g/mol. The van der Waals surface area contributed by atoms with Crippen LogP contribution < -0.4 is 5.32 Å². The van der Waals surface area contributed by atoms with Gasteiger partial charge in [-0.1, -0.05) is 30.3 Å². The number of nitrogens with one attached hydrogen (secondary N) is 1. The van der Waals surface area contributed by atoms with E-state index in [0.29, 0.717) is 0 Å². The summed E-state index contributed by atoms with van der Waals surface area (Å²) in [4.78, 5) is 22.2. The van der Waals surface area contributed by atoms with Gasteiger partial charge >= 0.3 is 0 Å². The Morgan fingerprint density at radius 2 is 1.88 bits per heavy atom. The topological polar surface area (TPSA) is 63.2 Å². The fourth-order valence-corrected chi connectivity index (χ4v) is 1.51. The second-order valence-electron chi connectivity index (χ2n) is 3.18. The van der Waals surface area contributed by atoms with Gasteiger partial charge in [0.1, 0.15) is 4.86 Å². The Bertz CT molecular complexity index is 450. The zero-order valence-corrected chi connectivity index (χ0v) is 9.54. The lowest BCUT2D eigenvalue weighted by Gasteiger charge is -2.02. The first-order valence-corrected chi connectivity index (χ1v) is 5.39. The highest BCUT2D eigenvalue weighted by molar-refractivity contribution is 7.68. The van der Waals surface area contributed by atoms with Crippen molar-refractivity contribution in [1.82, 2.24) is 5.32 Å². The Labute approximate surface area is 96.7 Å². The van der Waals surface area contributed by atoms with Gasteiger partial charge in [0.25, 0.3) is 5.91 Å². The van der Waals surface area contributed by atoms with E-state index in [4.69, 9.17) is 0 Å². The molecule has 0 aliphatic carbocycles.